The summed E-state index contributed by atoms with van der Waals surface area (Å²) in [7, 11) is 0. The Bertz CT molecular complexity index is 499. The molecule has 3 rings (SSSR count). The molecule has 3 atom stereocenters. The van der Waals surface area contributed by atoms with Crippen LogP contribution in [0.1, 0.15) is 24.8 Å². The molecule has 1 aliphatic heterocycles. The van der Waals surface area contributed by atoms with Gasteiger partial charge in [0.1, 0.15) is 6.04 Å². The van der Waals surface area contributed by atoms with Crippen LogP contribution in [-0.2, 0) is 11.3 Å². The second-order valence-electron chi connectivity index (χ2n) is 5.58. The van der Waals surface area contributed by atoms with Crippen molar-refractivity contribution in [3.05, 3.63) is 24.2 Å². The maximum Gasteiger partial charge on any atom is 0.326 e. The van der Waals surface area contributed by atoms with E-state index in [2.05, 4.69) is 5.32 Å². The third kappa shape index (κ3) is 2.26. The number of nitrogens with one attached hydrogen (secondary N) is 1. The molecule has 1 saturated heterocycles. The molecule has 2 N–H and O–H groups in total. The van der Waals surface area contributed by atoms with Crippen LogP contribution in [0.5, 0.6) is 0 Å². The normalized spacial score (nSPS) is 28.4. The summed E-state index contributed by atoms with van der Waals surface area (Å²) in [5, 5.41) is 12.2. The summed E-state index contributed by atoms with van der Waals surface area (Å²) in [5.74, 6) is -0.430. The van der Waals surface area contributed by atoms with E-state index in [1.54, 1.807) is 18.6 Å². The van der Waals surface area contributed by atoms with Crippen molar-refractivity contribution in [1.82, 2.24) is 10.2 Å². The van der Waals surface area contributed by atoms with Gasteiger partial charge in [-0.1, -0.05) is 6.42 Å². The Labute approximate surface area is 116 Å². The number of rotatable bonds is 3. The second-order valence-corrected chi connectivity index (χ2v) is 5.58. The Balaban J connectivity index is 1.65. The van der Waals surface area contributed by atoms with Crippen LogP contribution in [0.25, 0.3) is 0 Å². The maximum atomic E-state index is 12.2. The summed E-state index contributed by atoms with van der Waals surface area (Å²) in [6.07, 6.45) is 6.12. The number of aliphatic carboxylic acids is 1. The van der Waals surface area contributed by atoms with E-state index in [4.69, 9.17) is 4.42 Å². The number of urea groups is 1. The van der Waals surface area contributed by atoms with Gasteiger partial charge in [-0.15, -0.1) is 0 Å². The number of furan rings is 1. The fourth-order valence-electron chi connectivity index (χ4n) is 3.50. The minimum absolute atomic E-state index is 0.118. The smallest absolute Gasteiger partial charge is 0.326 e. The van der Waals surface area contributed by atoms with Gasteiger partial charge in [0.05, 0.1) is 12.5 Å². The van der Waals surface area contributed by atoms with Gasteiger partial charge in [-0.2, -0.15) is 0 Å². The highest BCUT2D eigenvalue weighted by atomic mass is 16.4. The van der Waals surface area contributed by atoms with Crippen molar-refractivity contribution >= 4 is 12.0 Å². The monoisotopic (exact) mass is 278 g/mol. The molecule has 1 aliphatic carbocycles. The number of likely N-dealkylation sites (tertiary alicyclic amines) is 1. The van der Waals surface area contributed by atoms with Crippen LogP contribution < -0.4 is 5.32 Å². The molecule has 6 heteroatoms. The largest absolute Gasteiger partial charge is 0.480 e. The van der Waals surface area contributed by atoms with Crippen LogP contribution in [0, 0.1) is 11.8 Å². The Morgan fingerprint density at radius 2 is 2.30 bits per heavy atom. The number of fused-ring (bicyclic) bond motifs is 1. The molecular formula is C14H18N2O4. The zero-order valence-corrected chi connectivity index (χ0v) is 11.1. The average Bonchev–Trinajstić information content (AvgIpc) is 3.10. The van der Waals surface area contributed by atoms with Gasteiger partial charge in [0.2, 0.25) is 0 Å². The molecular weight excluding hydrogens is 260 g/mol. The number of nitrogens with zero attached hydrogens (tertiary/aromatic N) is 1. The molecule has 0 radical (unpaired) electrons. The molecule has 108 valence electrons. The van der Waals surface area contributed by atoms with Gasteiger partial charge in [-0.3, -0.25) is 0 Å². The van der Waals surface area contributed by atoms with Crippen molar-refractivity contribution in [3.63, 3.8) is 0 Å². The number of amides is 2. The summed E-state index contributed by atoms with van der Waals surface area (Å²) in [4.78, 5) is 25.1. The summed E-state index contributed by atoms with van der Waals surface area (Å²) in [6, 6.07) is 0.799. The highest BCUT2D eigenvalue weighted by Gasteiger charge is 2.49. The molecule has 1 saturated carbocycles. The third-order valence-electron chi connectivity index (χ3n) is 4.43. The zero-order valence-electron chi connectivity index (χ0n) is 11.1. The minimum atomic E-state index is -0.891. The number of carbonyl (C=O) groups is 2. The van der Waals surface area contributed by atoms with Crippen molar-refractivity contribution in [2.45, 2.75) is 31.8 Å². The Kier molecular flexibility index (Phi) is 3.38. The van der Waals surface area contributed by atoms with E-state index in [1.807, 2.05) is 0 Å². The minimum Gasteiger partial charge on any atom is -0.480 e. The number of hydrogen-bond acceptors (Lipinski definition) is 3. The Hall–Kier alpha value is -1.98. The molecule has 2 amide bonds. The van der Waals surface area contributed by atoms with E-state index in [-0.39, 0.29) is 11.9 Å². The van der Waals surface area contributed by atoms with Crippen molar-refractivity contribution in [2.75, 3.05) is 6.54 Å². The predicted molar refractivity (Wildman–Crippen MR) is 69.9 cm³/mol. The van der Waals surface area contributed by atoms with Crippen LogP contribution in [-0.4, -0.2) is 34.6 Å². The topological polar surface area (TPSA) is 82.8 Å². The first-order chi connectivity index (χ1) is 9.66. The fraction of sp³-hybridized carbons (Fsp3) is 0.571. The van der Waals surface area contributed by atoms with E-state index < -0.39 is 12.0 Å². The SMILES string of the molecule is O=C(O)C1C2CCCC2CN1C(=O)NCc1ccoc1. The summed E-state index contributed by atoms with van der Waals surface area (Å²) < 4.78 is 4.93. The van der Waals surface area contributed by atoms with Gasteiger partial charge in [-0.05, 0) is 30.7 Å². The lowest BCUT2D eigenvalue weighted by Gasteiger charge is -2.24. The van der Waals surface area contributed by atoms with E-state index in [9.17, 15) is 14.7 Å². The number of carbonyl (C=O) groups excluding carboxylic acids is 1. The van der Waals surface area contributed by atoms with Crippen molar-refractivity contribution in [2.24, 2.45) is 11.8 Å². The van der Waals surface area contributed by atoms with Crippen LogP contribution in [0.4, 0.5) is 4.79 Å². The lowest BCUT2D eigenvalue weighted by Crippen LogP contribution is -2.47. The van der Waals surface area contributed by atoms with Crippen molar-refractivity contribution in [1.29, 1.82) is 0 Å². The molecule has 0 aromatic carbocycles. The van der Waals surface area contributed by atoms with Crippen molar-refractivity contribution < 1.29 is 19.1 Å². The van der Waals surface area contributed by atoms with Crippen LogP contribution in [0.2, 0.25) is 0 Å². The average molecular weight is 278 g/mol. The predicted octanol–water partition coefficient (Wildman–Crippen LogP) is 1.67. The molecule has 3 unspecified atom stereocenters. The van der Waals surface area contributed by atoms with E-state index in [0.717, 1.165) is 24.8 Å². The van der Waals surface area contributed by atoms with E-state index >= 15 is 0 Å². The lowest BCUT2D eigenvalue weighted by atomic mass is 9.94. The highest BCUT2D eigenvalue weighted by Crippen LogP contribution is 2.42. The molecule has 0 bridgehead atoms. The fourth-order valence-corrected chi connectivity index (χ4v) is 3.50. The van der Waals surface area contributed by atoms with Crippen LogP contribution in [0.15, 0.2) is 23.0 Å². The van der Waals surface area contributed by atoms with Crippen molar-refractivity contribution in [3.8, 4) is 0 Å². The number of hydrogen-bond donors (Lipinski definition) is 2. The third-order valence-corrected chi connectivity index (χ3v) is 4.43. The molecule has 20 heavy (non-hydrogen) atoms. The van der Waals surface area contributed by atoms with Gasteiger partial charge in [0.15, 0.2) is 0 Å². The summed E-state index contributed by atoms with van der Waals surface area (Å²) in [5.41, 5.74) is 0.865. The quantitative estimate of drug-likeness (QED) is 0.881. The molecule has 1 aromatic heterocycles. The van der Waals surface area contributed by atoms with Gasteiger partial charge in [-0.25, -0.2) is 9.59 Å². The Morgan fingerprint density at radius 1 is 1.45 bits per heavy atom. The van der Waals surface area contributed by atoms with Gasteiger partial charge in [0.25, 0.3) is 0 Å². The molecule has 0 spiro atoms. The molecule has 1 aromatic rings. The first-order valence-electron chi connectivity index (χ1n) is 6.95. The summed E-state index contributed by atoms with van der Waals surface area (Å²) >= 11 is 0. The van der Waals surface area contributed by atoms with E-state index in [0.29, 0.717) is 19.0 Å². The van der Waals surface area contributed by atoms with Crippen LogP contribution in [0.3, 0.4) is 0 Å². The molecule has 6 nitrogen and oxygen atoms in total. The number of carboxylic acid groups (broad SMARTS) is 1. The first kappa shape index (κ1) is 13.0. The first-order valence-corrected chi connectivity index (χ1v) is 6.95. The van der Waals surface area contributed by atoms with Gasteiger partial charge < -0.3 is 19.7 Å². The molecule has 2 fully saturated rings. The highest BCUT2D eigenvalue weighted by molar-refractivity contribution is 5.83. The molecule has 2 heterocycles. The Morgan fingerprint density at radius 3 is 3.00 bits per heavy atom. The zero-order chi connectivity index (χ0) is 14.1. The van der Waals surface area contributed by atoms with Crippen LogP contribution >= 0.6 is 0 Å². The van der Waals surface area contributed by atoms with Gasteiger partial charge in [0, 0.05) is 18.7 Å². The second kappa shape index (κ2) is 5.19. The summed E-state index contributed by atoms with van der Waals surface area (Å²) in [6.45, 7) is 0.909. The van der Waals surface area contributed by atoms with Gasteiger partial charge >= 0.3 is 12.0 Å². The lowest BCUT2D eigenvalue weighted by molar-refractivity contribution is -0.142. The standard InChI is InChI=1S/C14H18N2O4/c17-13(18)12-11-3-1-2-10(11)7-16(12)14(19)15-6-9-4-5-20-8-9/h4-5,8,10-12H,1-3,6-7H2,(H,15,19)(H,17,18). The maximum absolute atomic E-state index is 12.2. The molecule has 2 aliphatic rings. The van der Waals surface area contributed by atoms with E-state index in [1.165, 1.54) is 4.90 Å². The number of carboxylic acids is 1.